The molecule has 0 atom stereocenters. The fraction of sp³-hybridized carbons (Fsp3) is 0.667. The molecule has 1 heterocycles. The zero-order chi connectivity index (χ0) is 5.66. The van der Waals surface area contributed by atoms with Crippen LogP contribution < -0.4 is 0 Å². The van der Waals surface area contributed by atoms with E-state index in [1.807, 2.05) is 0 Å². The molecule has 0 N–H and O–H groups in total. The monoisotopic (exact) mass is 110 g/mol. The normalized spacial score (nSPS) is 20.0. The second-order valence-electron chi connectivity index (χ2n) is 1.78. The molecule has 0 spiro atoms. The third-order valence-corrected chi connectivity index (χ3v) is 1.06. The lowest BCUT2D eigenvalue weighted by Crippen LogP contribution is -1.82. The van der Waals surface area contributed by atoms with E-state index >= 15 is 0 Å². The summed E-state index contributed by atoms with van der Waals surface area (Å²) in [6, 6.07) is 0. The Labute approximate surface area is 49.3 Å². The molecule has 0 aromatic heterocycles. The van der Waals surface area contributed by atoms with Gasteiger partial charge in [-0.2, -0.15) is 10.2 Å². The summed E-state index contributed by atoms with van der Waals surface area (Å²) in [7, 11) is 0. The summed E-state index contributed by atoms with van der Waals surface area (Å²) in [5, 5.41) is 7.81. The molecule has 0 saturated carbocycles. The lowest BCUT2D eigenvalue weighted by molar-refractivity contribution is 0.813. The van der Waals surface area contributed by atoms with Crippen LogP contribution >= 0.6 is 0 Å². The Morgan fingerprint density at radius 3 is 1.88 bits per heavy atom. The second kappa shape index (κ2) is 3.36. The van der Waals surface area contributed by atoms with Gasteiger partial charge in [0.1, 0.15) is 0 Å². The third-order valence-electron chi connectivity index (χ3n) is 1.06. The molecule has 44 valence electrons. The molecule has 1 rings (SSSR count). The first-order valence-corrected chi connectivity index (χ1v) is 2.98. The van der Waals surface area contributed by atoms with Crippen LogP contribution in [-0.4, -0.2) is 13.1 Å². The van der Waals surface area contributed by atoms with Crippen LogP contribution in [0, 0.1) is 0 Å². The van der Waals surface area contributed by atoms with Gasteiger partial charge in [-0.25, -0.2) is 0 Å². The van der Waals surface area contributed by atoms with Crippen molar-refractivity contribution in [2.24, 2.45) is 10.2 Å². The number of hydrogen-bond donors (Lipinski definition) is 0. The Balaban J connectivity index is 2.29. The molecular weight excluding hydrogens is 100 g/mol. The molecule has 2 heteroatoms. The van der Waals surface area contributed by atoms with Crippen LogP contribution in [0.25, 0.3) is 0 Å². The fourth-order valence-corrected chi connectivity index (χ4v) is 0.642. The van der Waals surface area contributed by atoms with E-state index in [1.165, 1.54) is 0 Å². The van der Waals surface area contributed by atoms with Gasteiger partial charge in [0, 0.05) is 0 Å². The first kappa shape index (κ1) is 5.48. The predicted octanol–water partition coefficient (Wildman–Crippen LogP) is 1.79. The van der Waals surface area contributed by atoms with E-state index in [0.29, 0.717) is 0 Å². The van der Waals surface area contributed by atoms with Crippen LogP contribution in [-0.2, 0) is 0 Å². The molecule has 0 aromatic rings. The van der Waals surface area contributed by atoms with Crippen LogP contribution in [0.5, 0.6) is 0 Å². The van der Waals surface area contributed by atoms with Crippen LogP contribution in [0.2, 0.25) is 0 Å². The van der Waals surface area contributed by atoms with Gasteiger partial charge in [-0.1, -0.05) is 12.2 Å². The maximum absolute atomic E-state index is 3.90. The van der Waals surface area contributed by atoms with Gasteiger partial charge in [0.25, 0.3) is 0 Å². The van der Waals surface area contributed by atoms with E-state index in [1.54, 1.807) is 0 Å². The molecule has 0 fully saturated rings. The molecule has 0 unspecified atom stereocenters. The number of nitrogens with zero attached hydrogens (tertiary/aromatic N) is 2. The van der Waals surface area contributed by atoms with Crippen molar-refractivity contribution in [1.29, 1.82) is 0 Å². The minimum Gasteiger partial charge on any atom is -0.194 e. The Hall–Kier alpha value is -0.660. The maximum atomic E-state index is 3.90. The molecule has 1 aliphatic heterocycles. The lowest BCUT2D eigenvalue weighted by Gasteiger charge is -1.91. The summed E-state index contributed by atoms with van der Waals surface area (Å²) in [6.07, 6.45) is 6.45. The number of azo groups is 1. The molecule has 8 heavy (non-hydrogen) atoms. The molecule has 0 saturated heterocycles. The van der Waals surface area contributed by atoms with Gasteiger partial charge in [0.2, 0.25) is 0 Å². The summed E-state index contributed by atoms with van der Waals surface area (Å²) < 4.78 is 0. The molecule has 1 aliphatic rings. The Bertz CT molecular complexity index is 79.1. The summed E-state index contributed by atoms with van der Waals surface area (Å²) in [4.78, 5) is 0. The van der Waals surface area contributed by atoms with Crippen molar-refractivity contribution >= 4 is 0 Å². The topological polar surface area (TPSA) is 24.7 Å². The highest BCUT2D eigenvalue weighted by Gasteiger charge is 1.83. The number of hydrogen-bond acceptors (Lipinski definition) is 2. The zero-order valence-electron chi connectivity index (χ0n) is 4.88. The highest BCUT2D eigenvalue weighted by Crippen LogP contribution is 1.94. The third kappa shape index (κ3) is 1.87. The van der Waals surface area contributed by atoms with Crippen molar-refractivity contribution in [1.82, 2.24) is 0 Å². The first-order chi connectivity index (χ1) is 4.00. The molecule has 2 nitrogen and oxygen atoms in total. The first-order valence-electron chi connectivity index (χ1n) is 2.98. The van der Waals surface area contributed by atoms with Crippen molar-refractivity contribution in [3.63, 3.8) is 0 Å². The zero-order valence-corrected chi connectivity index (χ0v) is 4.88. The average Bonchev–Trinajstić information content (AvgIpc) is 1.62. The Kier molecular flexibility index (Phi) is 2.30. The van der Waals surface area contributed by atoms with Gasteiger partial charge in [-0.05, 0) is 12.8 Å². The van der Waals surface area contributed by atoms with Crippen LogP contribution in [0.1, 0.15) is 12.8 Å². The highest BCUT2D eigenvalue weighted by molar-refractivity contribution is 4.83. The largest absolute Gasteiger partial charge is 0.194 e. The van der Waals surface area contributed by atoms with Crippen molar-refractivity contribution in [3.05, 3.63) is 12.2 Å². The molecular formula is C6H10N2. The Morgan fingerprint density at radius 1 is 0.875 bits per heavy atom. The van der Waals surface area contributed by atoms with Crippen molar-refractivity contribution in [2.45, 2.75) is 12.8 Å². The molecule has 0 aliphatic carbocycles. The fourth-order valence-electron chi connectivity index (χ4n) is 0.642. The van der Waals surface area contributed by atoms with E-state index in [2.05, 4.69) is 22.4 Å². The van der Waals surface area contributed by atoms with E-state index in [-0.39, 0.29) is 0 Å². The van der Waals surface area contributed by atoms with E-state index in [4.69, 9.17) is 0 Å². The minimum atomic E-state index is 0.872. The van der Waals surface area contributed by atoms with E-state index in [0.717, 1.165) is 25.9 Å². The average molecular weight is 110 g/mol. The molecule has 0 bridgehead atoms. The highest BCUT2D eigenvalue weighted by atomic mass is 15.1. The van der Waals surface area contributed by atoms with Gasteiger partial charge in [0.15, 0.2) is 0 Å². The van der Waals surface area contributed by atoms with Crippen LogP contribution in [0.3, 0.4) is 0 Å². The van der Waals surface area contributed by atoms with Gasteiger partial charge in [-0.3, -0.25) is 0 Å². The van der Waals surface area contributed by atoms with Gasteiger partial charge < -0.3 is 0 Å². The van der Waals surface area contributed by atoms with Gasteiger partial charge in [0.05, 0.1) is 13.1 Å². The standard InChI is InChI=1S/C6H10N2/c1-2-4-6-8-7-5-3-1/h1-2H,3-6H2. The summed E-state index contributed by atoms with van der Waals surface area (Å²) in [6.45, 7) is 1.74. The molecule has 0 radical (unpaired) electrons. The van der Waals surface area contributed by atoms with Gasteiger partial charge in [-0.15, -0.1) is 0 Å². The molecule has 0 amide bonds. The minimum absolute atomic E-state index is 0.872. The van der Waals surface area contributed by atoms with E-state index < -0.39 is 0 Å². The van der Waals surface area contributed by atoms with Crippen molar-refractivity contribution in [3.8, 4) is 0 Å². The Morgan fingerprint density at radius 2 is 1.38 bits per heavy atom. The summed E-state index contributed by atoms with van der Waals surface area (Å²) in [5.41, 5.74) is 0. The van der Waals surface area contributed by atoms with Crippen molar-refractivity contribution in [2.75, 3.05) is 13.1 Å². The van der Waals surface area contributed by atoms with Crippen LogP contribution in [0.15, 0.2) is 22.4 Å². The SMILES string of the molecule is C1=CCCN=NCC1. The summed E-state index contributed by atoms with van der Waals surface area (Å²) >= 11 is 0. The van der Waals surface area contributed by atoms with Crippen molar-refractivity contribution < 1.29 is 0 Å². The van der Waals surface area contributed by atoms with E-state index in [9.17, 15) is 0 Å². The quantitative estimate of drug-likeness (QED) is 0.425. The predicted molar refractivity (Wildman–Crippen MR) is 33.0 cm³/mol. The maximum Gasteiger partial charge on any atom is 0.0633 e. The number of rotatable bonds is 0. The second-order valence-corrected chi connectivity index (χ2v) is 1.78. The van der Waals surface area contributed by atoms with Gasteiger partial charge >= 0.3 is 0 Å². The summed E-state index contributed by atoms with van der Waals surface area (Å²) in [5.74, 6) is 0. The lowest BCUT2D eigenvalue weighted by atomic mass is 10.3. The molecule has 0 aromatic carbocycles. The smallest absolute Gasteiger partial charge is 0.0633 e. The van der Waals surface area contributed by atoms with Crippen LogP contribution in [0.4, 0.5) is 0 Å².